The van der Waals surface area contributed by atoms with Crippen LogP contribution in [0.1, 0.15) is 27.8 Å². The molecule has 0 atom stereocenters. The van der Waals surface area contributed by atoms with Gasteiger partial charge in [-0.2, -0.15) is 18.3 Å². The summed E-state index contributed by atoms with van der Waals surface area (Å²) in [5, 5.41) is 7.10. The van der Waals surface area contributed by atoms with Crippen molar-refractivity contribution in [3.63, 3.8) is 0 Å². The lowest BCUT2D eigenvalue weighted by atomic mass is 10.0. The van der Waals surface area contributed by atoms with Crippen LogP contribution in [0, 0.1) is 11.6 Å². The summed E-state index contributed by atoms with van der Waals surface area (Å²) in [7, 11) is 0. The minimum absolute atomic E-state index is 0.0403. The van der Waals surface area contributed by atoms with Crippen molar-refractivity contribution in [2.45, 2.75) is 32.7 Å². The molecule has 184 valence electrons. The predicted octanol–water partition coefficient (Wildman–Crippen LogP) is 7.72. The van der Waals surface area contributed by atoms with E-state index >= 15 is 0 Å². The van der Waals surface area contributed by atoms with Crippen LogP contribution in [0.5, 0.6) is 0 Å². The van der Waals surface area contributed by atoms with E-state index in [1.165, 1.54) is 38.1 Å². The predicted molar refractivity (Wildman–Crippen MR) is 119 cm³/mol. The Morgan fingerprint density at radius 3 is 2.54 bits per heavy atom. The molecule has 4 aromatic rings. The van der Waals surface area contributed by atoms with Gasteiger partial charge in [-0.25, -0.2) is 13.5 Å². The molecule has 0 radical (unpaired) electrons. The van der Waals surface area contributed by atoms with Gasteiger partial charge in [-0.1, -0.05) is 34.4 Å². The average molecular weight is 534 g/mol. The highest BCUT2D eigenvalue weighted by Crippen LogP contribution is 2.43. The topological polar surface area (TPSA) is 53.1 Å². The lowest BCUT2D eigenvalue weighted by molar-refractivity contribution is -0.142. The number of benzene rings is 2. The molecular weight excluding hydrogens is 516 g/mol. The number of alkyl halides is 3. The van der Waals surface area contributed by atoms with Crippen LogP contribution in [0.4, 0.5) is 22.0 Å². The standard InChI is InChI=1S/C23H16Cl2F5N3O2/c1-11(2)34-10-16-20(19-17(25)7-13(26)8-18(19)27)32-35-21(16)15-9-31-33(22(15)23(28,29)30)14-5-3-4-12(24)6-14/h3-9,11H,10H2,1-2H3/i10D2. The summed E-state index contributed by atoms with van der Waals surface area (Å²) in [5.41, 5.74) is -3.97. The number of aromatic nitrogens is 3. The van der Waals surface area contributed by atoms with E-state index in [0.717, 1.165) is 12.3 Å². The van der Waals surface area contributed by atoms with Gasteiger partial charge in [0.05, 0.1) is 49.0 Å². The third-order valence-corrected chi connectivity index (χ3v) is 5.20. The largest absolute Gasteiger partial charge is 0.434 e. The number of ether oxygens (including phenoxy) is 1. The van der Waals surface area contributed by atoms with Crippen molar-refractivity contribution in [1.29, 1.82) is 0 Å². The number of halogens is 7. The summed E-state index contributed by atoms with van der Waals surface area (Å²) >= 11 is 12.0. The number of nitrogens with zero attached hydrogens (tertiary/aromatic N) is 3. The Morgan fingerprint density at radius 2 is 1.91 bits per heavy atom. The third-order valence-electron chi connectivity index (χ3n) is 4.67. The van der Waals surface area contributed by atoms with Crippen molar-refractivity contribution < 1.29 is 34.0 Å². The van der Waals surface area contributed by atoms with Gasteiger partial charge in [0, 0.05) is 11.1 Å². The van der Waals surface area contributed by atoms with Crippen molar-refractivity contribution >= 4 is 23.2 Å². The summed E-state index contributed by atoms with van der Waals surface area (Å²) in [6.45, 7) is 0.104. The summed E-state index contributed by atoms with van der Waals surface area (Å²) in [4.78, 5) is 0. The molecule has 0 aliphatic carbocycles. The monoisotopic (exact) mass is 533 g/mol. The first-order chi connectivity index (χ1) is 17.2. The highest BCUT2D eigenvalue weighted by molar-refractivity contribution is 6.33. The van der Waals surface area contributed by atoms with Crippen molar-refractivity contribution in [3.8, 4) is 28.3 Å². The van der Waals surface area contributed by atoms with Crippen molar-refractivity contribution in [3.05, 3.63) is 75.5 Å². The lowest BCUT2D eigenvalue weighted by Crippen LogP contribution is -2.14. The first-order valence-corrected chi connectivity index (χ1v) is 10.7. The van der Waals surface area contributed by atoms with Crippen LogP contribution in [-0.2, 0) is 17.5 Å². The molecule has 0 aliphatic heterocycles. The SMILES string of the molecule is [2H]C([2H])(OC(C)C)c1c(-c2c(F)cc(F)cc2Cl)noc1-c1cnn(-c2cccc(Cl)c2)c1C(F)(F)F. The second-order valence-corrected chi connectivity index (χ2v) is 8.39. The molecule has 0 amide bonds. The van der Waals surface area contributed by atoms with E-state index < -0.39 is 69.3 Å². The van der Waals surface area contributed by atoms with Gasteiger partial charge in [0.2, 0.25) is 0 Å². The first-order valence-electron chi connectivity index (χ1n) is 10.9. The van der Waals surface area contributed by atoms with Gasteiger partial charge in [-0.3, -0.25) is 0 Å². The molecule has 4 rings (SSSR count). The molecule has 0 saturated heterocycles. The van der Waals surface area contributed by atoms with Gasteiger partial charge in [0.15, 0.2) is 11.5 Å². The minimum Gasteiger partial charge on any atom is -0.374 e. The summed E-state index contributed by atoms with van der Waals surface area (Å²) < 4.78 is 99.5. The summed E-state index contributed by atoms with van der Waals surface area (Å²) in [6.07, 6.45) is -5.00. The molecule has 2 heterocycles. The zero-order chi connectivity index (χ0) is 27.3. The molecule has 5 nitrogen and oxygen atoms in total. The third kappa shape index (κ3) is 5.05. The molecule has 2 aromatic heterocycles. The van der Waals surface area contributed by atoms with E-state index in [1.807, 2.05) is 0 Å². The van der Waals surface area contributed by atoms with E-state index in [9.17, 15) is 22.0 Å². The summed E-state index contributed by atoms with van der Waals surface area (Å²) in [6, 6.07) is 6.67. The highest BCUT2D eigenvalue weighted by atomic mass is 35.5. The fourth-order valence-electron chi connectivity index (χ4n) is 3.28. The molecular formula is C23H16Cl2F5N3O2. The molecule has 0 unspecified atom stereocenters. The molecule has 35 heavy (non-hydrogen) atoms. The quantitative estimate of drug-likeness (QED) is 0.238. The number of hydrogen-bond acceptors (Lipinski definition) is 4. The molecule has 2 aromatic carbocycles. The van der Waals surface area contributed by atoms with Gasteiger partial charge < -0.3 is 9.26 Å². The molecule has 0 fully saturated rings. The van der Waals surface area contributed by atoms with Crippen LogP contribution in [0.15, 0.2) is 47.1 Å². The zero-order valence-corrected chi connectivity index (χ0v) is 19.4. The van der Waals surface area contributed by atoms with Crippen LogP contribution in [-0.4, -0.2) is 21.0 Å². The van der Waals surface area contributed by atoms with Gasteiger partial charge >= 0.3 is 6.18 Å². The Hall–Kier alpha value is -2.95. The lowest BCUT2D eigenvalue weighted by Gasteiger charge is -2.13. The van der Waals surface area contributed by atoms with Crippen LogP contribution in [0.2, 0.25) is 10.0 Å². The van der Waals surface area contributed by atoms with Crippen molar-refractivity contribution in [2.24, 2.45) is 0 Å². The number of rotatable bonds is 6. The Labute approximate surface area is 208 Å². The highest BCUT2D eigenvalue weighted by Gasteiger charge is 2.41. The maximum atomic E-state index is 14.8. The van der Waals surface area contributed by atoms with Gasteiger partial charge in [0.1, 0.15) is 17.3 Å². The van der Waals surface area contributed by atoms with Crippen LogP contribution >= 0.6 is 23.2 Å². The first kappa shape index (κ1) is 22.5. The number of hydrogen-bond donors (Lipinski definition) is 0. The van der Waals surface area contributed by atoms with E-state index in [0.29, 0.717) is 10.7 Å². The average Bonchev–Trinajstić information content (AvgIpc) is 3.37. The Balaban J connectivity index is 2.05. The molecule has 0 bridgehead atoms. The molecule has 0 N–H and O–H groups in total. The Morgan fingerprint density at radius 1 is 1.17 bits per heavy atom. The van der Waals surface area contributed by atoms with E-state index in [1.54, 1.807) is 0 Å². The molecule has 0 spiro atoms. The molecule has 12 heteroatoms. The van der Waals surface area contributed by atoms with E-state index in [-0.39, 0.29) is 10.7 Å². The molecule has 0 saturated carbocycles. The summed E-state index contributed by atoms with van der Waals surface area (Å²) in [5.74, 6) is -3.00. The van der Waals surface area contributed by atoms with Gasteiger partial charge in [-0.05, 0) is 38.1 Å². The van der Waals surface area contributed by atoms with Gasteiger partial charge in [0.25, 0.3) is 0 Å². The van der Waals surface area contributed by atoms with Crippen LogP contribution in [0.3, 0.4) is 0 Å². The zero-order valence-electron chi connectivity index (χ0n) is 19.9. The Bertz CT molecular complexity index is 1450. The smallest absolute Gasteiger partial charge is 0.374 e. The minimum atomic E-state index is -5.03. The fourth-order valence-corrected chi connectivity index (χ4v) is 3.74. The van der Waals surface area contributed by atoms with Gasteiger partial charge in [-0.15, -0.1) is 0 Å². The fraction of sp³-hybridized carbons (Fsp3) is 0.217. The van der Waals surface area contributed by atoms with Crippen molar-refractivity contribution in [1.82, 2.24) is 14.9 Å². The van der Waals surface area contributed by atoms with Crippen LogP contribution in [0.25, 0.3) is 28.3 Å². The van der Waals surface area contributed by atoms with E-state index in [4.69, 9.17) is 35.2 Å². The van der Waals surface area contributed by atoms with E-state index in [2.05, 4.69) is 10.3 Å². The second-order valence-electron chi connectivity index (χ2n) is 7.54. The maximum Gasteiger partial charge on any atom is 0.434 e. The second kappa shape index (κ2) is 9.60. The normalized spacial score (nSPS) is 13.3. The molecule has 0 aliphatic rings. The Kier molecular flexibility index (Phi) is 6.17. The van der Waals surface area contributed by atoms with Crippen LogP contribution < -0.4 is 0 Å². The van der Waals surface area contributed by atoms with Crippen molar-refractivity contribution in [2.75, 3.05) is 0 Å². The maximum absolute atomic E-state index is 14.8.